The van der Waals surface area contributed by atoms with E-state index in [0.717, 1.165) is 26.2 Å². The second kappa shape index (κ2) is 6.32. The SMILES string of the molecule is CC(C)(C)c1nc(SCCC(=O)O)c2cc(Br)ccc2n1. The molecule has 0 fully saturated rings. The molecule has 1 aromatic carbocycles. The van der Waals surface area contributed by atoms with E-state index in [9.17, 15) is 4.79 Å². The fraction of sp³-hybridized carbons (Fsp3) is 0.400. The number of hydrogen-bond donors (Lipinski definition) is 1. The Kier molecular flexibility index (Phi) is 4.88. The number of benzene rings is 1. The third-order valence-corrected chi connectivity index (χ3v) is 4.33. The summed E-state index contributed by atoms with van der Waals surface area (Å²) >= 11 is 4.92. The van der Waals surface area contributed by atoms with Crippen LogP contribution in [0.5, 0.6) is 0 Å². The number of rotatable bonds is 4. The highest BCUT2D eigenvalue weighted by molar-refractivity contribution is 9.10. The molecule has 112 valence electrons. The molecule has 0 aliphatic rings. The molecule has 0 spiro atoms. The molecular formula is C15H17BrN2O2S. The largest absolute Gasteiger partial charge is 0.481 e. The quantitative estimate of drug-likeness (QED) is 0.645. The van der Waals surface area contributed by atoms with E-state index in [1.807, 2.05) is 18.2 Å². The van der Waals surface area contributed by atoms with E-state index in [2.05, 4.69) is 46.7 Å². The van der Waals surface area contributed by atoms with E-state index in [4.69, 9.17) is 5.11 Å². The molecular weight excluding hydrogens is 352 g/mol. The molecule has 2 rings (SSSR count). The van der Waals surface area contributed by atoms with Gasteiger partial charge < -0.3 is 5.11 Å². The molecule has 4 nitrogen and oxygen atoms in total. The van der Waals surface area contributed by atoms with Crippen molar-refractivity contribution in [3.63, 3.8) is 0 Å². The number of aromatic nitrogens is 2. The van der Waals surface area contributed by atoms with Crippen LogP contribution >= 0.6 is 27.7 Å². The summed E-state index contributed by atoms with van der Waals surface area (Å²) in [6, 6.07) is 5.88. The van der Waals surface area contributed by atoms with E-state index in [-0.39, 0.29) is 11.8 Å². The van der Waals surface area contributed by atoms with Crippen LogP contribution in [0.25, 0.3) is 10.9 Å². The molecule has 0 amide bonds. The van der Waals surface area contributed by atoms with Gasteiger partial charge in [0.2, 0.25) is 0 Å². The Hall–Kier alpha value is -1.14. The van der Waals surface area contributed by atoms with Crippen LogP contribution in [0.4, 0.5) is 0 Å². The highest BCUT2D eigenvalue weighted by atomic mass is 79.9. The summed E-state index contributed by atoms with van der Waals surface area (Å²) in [5.41, 5.74) is 0.736. The topological polar surface area (TPSA) is 63.1 Å². The molecule has 1 aromatic heterocycles. The Morgan fingerprint density at radius 1 is 1.33 bits per heavy atom. The molecule has 6 heteroatoms. The molecule has 0 radical (unpaired) electrons. The molecule has 0 saturated carbocycles. The van der Waals surface area contributed by atoms with Crippen LogP contribution in [0.3, 0.4) is 0 Å². The van der Waals surface area contributed by atoms with Crippen molar-refractivity contribution in [3.8, 4) is 0 Å². The van der Waals surface area contributed by atoms with Gasteiger partial charge in [0.05, 0.1) is 11.9 Å². The standard InChI is InChI=1S/C15H17BrN2O2S/c1-15(2,3)14-17-11-5-4-9(16)8-10(11)13(18-14)21-7-6-12(19)20/h4-5,8H,6-7H2,1-3H3,(H,19,20). The molecule has 1 heterocycles. The summed E-state index contributed by atoms with van der Waals surface area (Å²) in [4.78, 5) is 20.0. The molecule has 0 unspecified atom stereocenters. The van der Waals surface area contributed by atoms with Crippen LogP contribution in [0.1, 0.15) is 33.0 Å². The predicted molar refractivity (Wildman–Crippen MR) is 88.9 cm³/mol. The number of hydrogen-bond acceptors (Lipinski definition) is 4. The molecule has 0 aliphatic carbocycles. The average Bonchev–Trinajstić information content (AvgIpc) is 2.37. The second-order valence-electron chi connectivity index (χ2n) is 5.76. The normalized spacial score (nSPS) is 11.8. The maximum atomic E-state index is 10.7. The van der Waals surface area contributed by atoms with Crippen molar-refractivity contribution >= 4 is 44.6 Å². The average molecular weight is 369 g/mol. The van der Waals surface area contributed by atoms with Crippen molar-refractivity contribution in [1.29, 1.82) is 0 Å². The molecule has 1 N–H and O–H groups in total. The Labute approximate surface area is 136 Å². The summed E-state index contributed by atoms with van der Waals surface area (Å²) in [6.07, 6.45) is 0.120. The van der Waals surface area contributed by atoms with Gasteiger partial charge >= 0.3 is 5.97 Å². The smallest absolute Gasteiger partial charge is 0.304 e. The summed E-state index contributed by atoms with van der Waals surface area (Å²) in [5.74, 6) is 0.477. The Balaban J connectivity index is 2.47. The van der Waals surface area contributed by atoms with Crippen LogP contribution < -0.4 is 0 Å². The van der Waals surface area contributed by atoms with Crippen molar-refractivity contribution in [2.75, 3.05) is 5.75 Å². The monoisotopic (exact) mass is 368 g/mol. The highest BCUT2D eigenvalue weighted by Crippen LogP contribution is 2.31. The van der Waals surface area contributed by atoms with Crippen LogP contribution in [-0.4, -0.2) is 26.8 Å². The fourth-order valence-electron chi connectivity index (χ4n) is 1.75. The van der Waals surface area contributed by atoms with Gasteiger partial charge in [-0.2, -0.15) is 0 Å². The number of carboxylic acid groups (broad SMARTS) is 1. The van der Waals surface area contributed by atoms with E-state index in [1.54, 1.807) is 0 Å². The summed E-state index contributed by atoms with van der Waals surface area (Å²) in [5, 5.41) is 10.6. The minimum absolute atomic E-state index is 0.120. The highest BCUT2D eigenvalue weighted by Gasteiger charge is 2.20. The van der Waals surface area contributed by atoms with Gasteiger partial charge in [-0.25, -0.2) is 9.97 Å². The van der Waals surface area contributed by atoms with Crippen LogP contribution in [0.15, 0.2) is 27.7 Å². The Bertz CT molecular complexity index is 683. The van der Waals surface area contributed by atoms with Gasteiger partial charge in [-0.3, -0.25) is 4.79 Å². The van der Waals surface area contributed by atoms with E-state index < -0.39 is 5.97 Å². The predicted octanol–water partition coefficient (Wildman–Crippen LogP) is 4.26. The van der Waals surface area contributed by atoms with E-state index in [0.29, 0.717) is 5.75 Å². The zero-order valence-corrected chi connectivity index (χ0v) is 14.6. The van der Waals surface area contributed by atoms with Crippen LogP contribution in [0.2, 0.25) is 0 Å². The summed E-state index contributed by atoms with van der Waals surface area (Å²) in [6.45, 7) is 6.20. The second-order valence-corrected chi connectivity index (χ2v) is 7.76. The lowest BCUT2D eigenvalue weighted by Crippen LogP contribution is -2.16. The van der Waals surface area contributed by atoms with Gasteiger partial charge in [0.25, 0.3) is 0 Å². The van der Waals surface area contributed by atoms with Crippen molar-refractivity contribution in [3.05, 3.63) is 28.5 Å². The van der Waals surface area contributed by atoms with Gasteiger partial charge in [-0.1, -0.05) is 36.7 Å². The lowest BCUT2D eigenvalue weighted by molar-refractivity contribution is -0.136. The number of carboxylic acids is 1. The molecule has 21 heavy (non-hydrogen) atoms. The van der Waals surface area contributed by atoms with E-state index >= 15 is 0 Å². The zero-order valence-electron chi connectivity index (χ0n) is 12.2. The lowest BCUT2D eigenvalue weighted by atomic mass is 9.95. The lowest BCUT2D eigenvalue weighted by Gasteiger charge is -2.18. The van der Waals surface area contributed by atoms with Gasteiger partial charge in [-0.05, 0) is 18.2 Å². The summed E-state index contributed by atoms with van der Waals surface area (Å²) < 4.78 is 0.960. The number of thioether (sulfide) groups is 1. The van der Waals surface area contributed by atoms with Gasteiger partial charge in [0, 0.05) is 21.0 Å². The first kappa shape index (κ1) is 16.2. The van der Waals surface area contributed by atoms with Gasteiger partial charge in [-0.15, -0.1) is 11.8 Å². The summed E-state index contributed by atoms with van der Waals surface area (Å²) in [7, 11) is 0. The molecule has 0 bridgehead atoms. The van der Waals surface area contributed by atoms with Crippen molar-refractivity contribution in [2.24, 2.45) is 0 Å². The number of fused-ring (bicyclic) bond motifs is 1. The molecule has 0 atom stereocenters. The Morgan fingerprint density at radius 2 is 2.05 bits per heavy atom. The van der Waals surface area contributed by atoms with Crippen LogP contribution in [0, 0.1) is 0 Å². The number of carbonyl (C=O) groups is 1. The first-order chi connectivity index (χ1) is 9.77. The van der Waals surface area contributed by atoms with Crippen LogP contribution in [-0.2, 0) is 10.2 Å². The maximum Gasteiger partial charge on any atom is 0.304 e. The van der Waals surface area contributed by atoms with Crippen molar-refractivity contribution in [2.45, 2.75) is 37.6 Å². The number of aliphatic carboxylic acids is 1. The first-order valence-corrected chi connectivity index (χ1v) is 8.37. The molecule has 2 aromatic rings. The number of halogens is 1. The fourth-order valence-corrected chi connectivity index (χ4v) is 3.05. The first-order valence-electron chi connectivity index (χ1n) is 6.60. The molecule has 0 aliphatic heterocycles. The maximum absolute atomic E-state index is 10.7. The molecule has 0 saturated heterocycles. The number of nitrogens with zero attached hydrogens (tertiary/aromatic N) is 2. The zero-order chi connectivity index (χ0) is 15.6. The van der Waals surface area contributed by atoms with Crippen molar-refractivity contribution in [1.82, 2.24) is 9.97 Å². The third kappa shape index (κ3) is 4.17. The van der Waals surface area contributed by atoms with Crippen molar-refractivity contribution < 1.29 is 9.90 Å². The Morgan fingerprint density at radius 3 is 2.67 bits per heavy atom. The minimum atomic E-state index is -0.793. The van der Waals surface area contributed by atoms with Gasteiger partial charge in [0.15, 0.2) is 0 Å². The van der Waals surface area contributed by atoms with Gasteiger partial charge in [0.1, 0.15) is 10.9 Å². The minimum Gasteiger partial charge on any atom is -0.481 e. The van der Waals surface area contributed by atoms with E-state index in [1.165, 1.54) is 11.8 Å². The third-order valence-electron chi connectivity index (χ3n) is 2.85.